The van der Waals surface area contributed by atoms with Crippen molar-refractivity contribution in [3.05, 3.63) is 30.3 Å². The van der Waals surface area contributed by atoms with Crippen molar-refractivity contribution >= 4 is 50.9 Å². The van der Waals surface area contributed by atoms with Gasteiger partial charge in [0.2, 0.25) is 5.13 Å². The molecule has 2 atom stereocenters. The molecule has 31 heavy (non-hydrogen) atoms. The highest BCUT2D eigenvalue weighted by atomic mass is 32.2. The van der Waals surface area contributed by atoms with E-state index in [0.717, 1.165) is 39.9 Å². The van der Waals surface area contributed by atoms with Crippen molar-refractivity contribution in [2.75, 3.05) is 35.7 Å². The SMILES string of the molecule is CCSc1nnc(NC(=O)COc2cccc3ccc(N4CC(C)CC(C)C4)nc23)s1. The van der Waals surface area contributed by atoms with Crippen LogP contribution in [0.15, 0.2) is 34.7 Å². The summed E-state index contributed by atoms with van der Waals surface area (Å²) in [6, 6.07) is 9.93. The van der Waals surface area contributed by atoms with E-state index >= 15 is 0 Å². The number of amides is 1. The van der Waals surface area contributed by atoms with Gasteiger partial charge < -0.3 is 9.64 Å². The van der Waals surface area contributed by atoms with Crippen LogP contribution in [-0.2, 0) is 4.79 Å². The molecule has 0 bridgehead atoms. The largest absolute Gasteiger partial charge is 0.481 e. The van der Waals surface area contributed by atoms with E-state index in [4.69, 9.17) is 9.72 Å². The molecular weight excluding hydrogens is 430 g/mol. The van der Waals surface area contributed by atoms with Gasteiger partial charge in [-0.2, -0.15) is 0 Å². The first-order chi connectivity index (χ1) is 15.0. The lowest BCUT2D eigenvalue weighted by Gasteiger charge is -2.35. The molecule has 3 aromatic rings. The average molecular weight is 458 g/mol. The molecule has 164 valence electrons. The monoisotopic (exact) mass is 457 g/mol. The van der Waals surface area contributed by atoms with Crippen LogP contribution in [0, 0.1) is 11.8 Å². The Labute approximate surface area is 190 Å². The molecule has 0 aliphatic carbocycles. The summed E-state index contributed by atoms with van der Waals surface area (Å²) in [4.78, 5) is 19.6. The maximum Gasteiger partial charge on any atom is 0.264 e. The molecule has 2 unspecified atom stereocenters. The number of benzene rings is 1. The highest BCUT2D eigenvalue weighted by Gasteiger charge is 2.23. The van der Waals surface area contributed by atoms with Gasteiger partial charge in [0.15, 0.2) is 10.9 Å². The Kier molecular flexibility index (Phi) is 6.92. The fourth-order valence-electron chi connectivity index (χ4n) is 3.99. The smallest absolute Gasteiger partial charge is 0.264 e. The van der Waals surface area contributed by atoms with Gasteiger partial charge in [-0.15, -0.1) is 10.2 Å². The van der Waals surface area contributed by atoms with Gasteiger partial charge in [0, 0.05) is 18.5 Å². The lowest BCUT2D eigenvalue weighted by Crippen LogP contribution is -2.39. The summed E-state index contributed by atoms with van der Waals surface area (Å²) in [5, 5.41) is 12.3. The number of carbonyl (C=O) groups is 1. The Morgan fingerprint density at radius 2 is 2.03 bits per heavy atom. The standard InChI is InChI=1S/C22H27N5O2S2/c1-4-30-22-26-25-21(31-22)24-19(28)13-29-17-7-5-6-16-8-9-18(23-20(16)17)27-11-14(2)10-15(3)12-27/h5-9,14-15H,4,10-13H2,1-3H3,(H,24,25,28). The van der Waals surface area contributed by atoms with Gasteiger partial charge >= 0.3 is 0 Å². The van der Waals surface area contributed by atoms with Crippen LogP contribution in [0.2, 0.25) is 0 Å². The summed E-state index contributed by atoms with van der Waals surface area (Å²) in [6.45, 7) is 8.53. The summed E-state index contributed by atoms with van der Waals surface area (Å²) in [6.07, 6.45) is 1.25. The van der Waals surface area contributed by atoms with Crippen molar-refractivity contribution in [3.63, 3.8) is 0 Å². The number of piperidine rings is 1. The van der Waals surface area contributed by atoms with Gasteiger partial charge in [-0.05, 0) is 42.2 Å². The number of pyridine rings is 1. The molecule has 9 heteroatoms. The zero-order valence-electron chi connectivity index (χ0n) is 18.0. The number of nitrogens with zero attached hydrogens (tertiary/aromatic N) is 4. The molecule has 2 aromatic heterocycles. The summed E-state index contributed by atoms with van der Waals surface area (Å²) in [5.74, 6) is 3.50. The number of hydrogen-bond acceptors (Lipinski definition) is 8. The fraction of sp³-hybridized carbons (Fsp3) is 0.455. The van der Waals surface area contributed by atoms with Crippen LogP contribution in [0.3, 0.4) is 0 Å². The minimum Gasteiger partial charge on any atom is -0.481 e. The number of fused-ring (bicyclic) bond motifs is 1. The predicted octanol–water partition coefficient (Wildman–Crippen LogP) is 4.70. The Morgan fingerprint density at radius 1 is 1.23 bits per heavy atom. The number of aromatic nitrogens is 3. The van der Waals surface area contributed by atoms with Crippen molar-refractivity contribution in [2.45, 2.75) is 31.5 Å². The van der Waals surface area contributed by atoms with Crippen LogP contribution in [0.4, 0.5) is 10.9 Å². The molecule has 1 fully saturated rings. The van der Waals surface area contributed by atoms with Crippen LogP contribution in [0.1, 0.15) is 27.2 Å². The summed E-state index contributed by atoms with van der Waals surface area (Å²) in [5.41, 5.74) is 0.774. The Balaban J connectivity index is 1.46. The number of carbonyl (C=O) groups excluding carboxylic acids is 1. The minimum atomic E-state index is -0.268. The Morgan fingerprint density at radius 3 is 2.81 bits per heavy atom. The van der Waals surface area contributed by atoms with Gasteiger partial charge in [0.25, 0.3) is 5.91 Å². The molecule has 1 saturated heterocycles. The number of rotatable bonds is 7. The van der Waals surface area contributed by atoms with Gasteiger partial charge in [-0.25, -0.2) is 4.98 Å². The number of anilines is 2. The topological polar surface area (TPSA) is 80.2 Å². The zero-order valence-corrected chi connectivity index (χ0v) is 19.6. The number of ether oxygens (including phenoxy) is 1. The molecule has 1 N–H and O–H groups in total. The van der Waals surface area contributed by atoms with E-state index < -0.39 is 0 Å². The van der Waals surface area contributed by atoms with Gasteiger partial charge in [0.1, 0.15) is 17.1 Å². The maximum atomic E-state index is 12.3. The second kappa shape index (κ2) is 9.82. The van der Waals surface area contributed by atoms with Crippen LogP contribution >= 0.6 is 23.1 Å². The molecular formula is C22H27N5O2S2. The first kappa shape index (κ1) is 21.8. The fourth-order valence-corrected chi connectivity index (χ4v) is 5.66. The second-order valence-electron chi connectivity index (χ2n) is 7.99. The van der Waals surface area contributed by atoms with Crippen molar-refractivity contribution in [1.29, 1.82) is 0 Å². The first-order valence-electron chi connectivity index (χ1n) is 10.6. The molecule has 1 aliphatic rings. The molecule has 3 heterocycles. The zero-order chi connectivity index (χ0) is 21.8. The van der Waals surface area contributed by atoms with E-state index in [0.29, 0.717) is 22.7 Å². The number of hydrogen-bond donors (Lipinski definition) is 1. The number of para-hydroxylation sites is 1. The van der Waals surface area contributed by atoms with Crippen molar-refractivity contribution in [3.8, 4) is 5.75 Å². The van der Waals surface area contributed by atoms with E-state index in [1.165, 1.54) is 17.8 Å². The molecule has 0 spiro atoms. The van der Waals surface area contributed by atoms with Crippen LogP contribution in [0.5, 0.6) is 5.75 Å². The molecule has 1 aliphatic heterocycles. The van der Waals surface area contributed by atoms with Crippen molar-refractivity contribution in [1.82, 2.24) is 15.2 Å². The average Bonchev–Trinajstić information content (AvgIpc) is 3.18. The summed E-state index contributed by atoms with van der Waals surface area (Å²) >= 11 is 2.96. The van der Waals surface area contributed by atoms with Crippen molar-refractivity contribution in [2.24, 2.45) is 11.8 Å². The predicted molar refractivity (Wildman–Crippen MR) is 127 cm³/mol. The lowest BCUT2D eigenvalue weighted by molar-refractivity contribution is -0.118. The van der Waals surface area contributed by atoms with E-state index in [2.05, 4.69) is 46.4 Å². The van der Waals surface area contributed by atoms with Crippen LogP contribution in [0.25, 0.3) is 10.9 Å². The molecule has 4 rings (SSSR count). The highest BCUT2D eigenvalue weighted by molar-refractivity contribution is 8.01. The molecule has 0 saturated carbocycles. The second-order valence-corrected chi connectivity index (χ2v) is 10.5. The van der Waals surface area contributed by atoms with E-state index in [1.54, 1.807) is 11.8 Å². The van der Waals surface area contributed by atoms with E-state index in [1.807, 2.05) is 25.1 Å². The molecule has 1 aromatic carbocycles. The van der Waals surface area contributed by atoms with Crippen LogP contribution < -0.4 is 15.0 Å². The Bertz CT molecular complexity index is 1050. The first-order valence-corrected chi connectivity index (χ1v) is 12.4. The van der Waals surface area contributed by atoms with E-state index in [9.17, 15) is 4.79 Å². The maximum absolute atomic E-state index is 12.3. The van der Waals surface area contributed by atoms with Crippen molar-refractivity contribution < 1.29 is 9.53 Å². The highest BCUT2D eigenvalue weighted by Crippen LogP contribution is 2.30. The molecule has 7 nitrogen and oxygen atoms in total. The summed E-state index contributed by atoms with van der Waals surface area (Å²) < 4.78 is 6.69. The summed E-state index contributed by atoms with van der Waals surface area (Å²) in [7, 11) is 0. The third-order valence-electron chi connectivity index (χ3n) is 5.14. The van der Waals surface area contributed by atoms with E-state index in [-0.39, 0.29) is 12.5 Å². The van der Waals surface area contributed by atoms with Gasteiger partial charge in [0.05, 0.1) is 0 Å². The lowest BCUT2D eigenvalue weighted by atomic mass is 9.92. The van der Waals surface area contributed by atoms with Gasteiger partial charge in [-0.1, -0.05) is 56.0 Å². The minimum absolute atomic E-state index is 0.112. The Hall–Kier alpha value is -2.39. The van der Waals surface area contributed by atoms with Gasteiger partial charge in [-0.3, -0.25) is 10.1 Å². The molecule has 1 amide bonds. The third kappa shape index (κ3) is 5.46. The third-order valence-corrected chi connectivity index (χ3v) is 6.99. The number of thioether (sulfide) groups is 1. The quantitative estimate of drug-likeness (QED) is 0.407. The number of nitrogens with one attached hydrogen (secondary N) is 1. The normalized spacial score (nSPS) is 18.9. The molecule has 0 radical (unpaired) electrons. The van der Waals surface area contributed by atoms with Crippen LogP contribution in [-0.4, -0.2) is 46.5 Å².